The molecule has 2 heterocycles. The molecule has 126 valence electrons. The van der Waals surface area contributed by atoms with Crippen molar-refractivity contribution in [3.05, 3.63) is 40.3 Å². The number of nitrogens with zero attached hydrogens (tertiary/aromatic N) is 4. The van der Waals surface area contributed by atoms with Gasteiger partial charge in [-0.25, -0.2) is 0 Å². The molecule has 0 spiro atoms. The highest BCUT2D eigenvalue weighted by molar-refractivity contribution is 5.85. The minimum atomic E-state index is -0.439. The number of nitro groups is 1. The van der Waals surface area contributed by atoms with Crippen LogP contribution in [0, 0.1) is 10.1 Å². The molecule has 0 amide bonds. The van der Waals surface area contributed by atoms with E-state index >= 15 is 0 Å². The molecule has 0 radical (unpaired) electrons. The minimum Gasteiger partial charge on any atom is -0.338 e. The van der Waals surface area contributed by atoms with Gasteiger partial charge in [-0.15, -0.1) is 24.8 Å². The lowest BCUT2D eigenvalue weighted by Gasteiger charge is -2.25. The molecule has 1 saturated heterocycles. The summed E-state index contributed by atoms with van der Waals surface area (Å²) >= 11 is 0. The number of benzene rings is 1. The number of nitrogens with one attached hydrogen (secondary N) is 1. The van der Waals surface area contributed by atoms with Gasteiger partial charge in [0.05, 0.1) is 11.5 Å². The van der Waals surface area contributed by atoms with Crippen LogP contribution in [0.25, 0.3) is 11.4 Å². The molecule has 1 aliphatic heterocycles. The summed E-state index contributed by atoms with van der Waals surface area (Å²) < 4.78 is 5.23. The number of non-ortho nitro benzene ring substituents is 1. The van der Waals surface area contributed by atoms with E-state index < -0.39 is 4.92 Å². The molecule has 0 bridgehead atoms. The highest BCUT2D eigenvalue weighted by Gasteiger charge is 2.16. The molecule has 23 heavy (non-hydrogen) atoms. The Balaban J connectivity index is 0.00000132. The number of halogens is 2. The predicted octanol–water partition coefficient (Wildman–Crippen LogP) is 1.89. The second-order valence-electron chi connectivity index (χ2n) is 4.85. The second-order valence-corrected chi connectivity index (χ2v) is 4.85. The van der Waals surface area contributed by atoms with Crippen LogP contribution in [0.5, 0.6) is 0 Å². The Kier molecular flexibility index (Phi) is 7.37. The lowest BCUT2D eigenvalue weighted by atomic mass is 10.2. The first-order chi connectivity index (χ1) is 10.2. The van der Waals surface area contributed by atoms with E-state index in [4.69, 9.17) is 4.52 Å². The Hall–Kier alpha value is -1.74. The highest BCUT2D eigenvalue weighted by Crippen LogP contribution is 2.21. The van der Waals surface area contributed by atoms with Crippen molar-refractivity contribution in [1.29, 1.82) is 0 Å². The van der Waals surface area contributed by atoms with E-state index in [1.54, 1.807) is 12.1 Å². The Bertz CT molecular complexity index is 646. The van der Waals surface area contributed by atoms with Gasteiger partial charge in [0.15, 0.2) is 0 Å². The van der Waals surface area contributed by atoms with Gasteiger partial charge in [0, 0.05) is 43.9 Å². The van der Waals surface area contributed by atoms with Crippen LogP contribution in [0.4, 0.5) is 5.69 Å². The van der Waals surface area contributed by atoms with Gasteiger partial charge in [0.1, 0.15) is 0 Å². The van der Waals surface area contributed by atoms with Gasteiger partial charge in [-0.3, -0.25) is 15.0 Å². The molecule has 0 atom stereocenters. The molecule has 1 aromatic carbocycles. The summed E-state index contributed by atoms with van der Waals surface area (Å²) in [7, 11) is 0. The first kappa shape index (κ1) is 19.3. The number of hydrogen-bond donors (Lipinski definition) is 1. The molecule has 0 saturated carbocycles. The van der Waals surface area contributed by atoms with Gasteiger partial charge in [0.25, 0.3) is 5.69 Å². The van der Waals surface area contributed by atoms with Crippen LogP contribution in [-0.4, -0.2) is 46.1 Å². The van der Waals surface area contributed by atoms with Crippen molar-refractivity contribution in [2.45, 2.75) is 6.54 Å². The van der Waals surface area contributed by atoms with E-state index in [0.717, 1.165) is 26.2 Å². The zero-order chi connectivity index (χ0) is 14.7. The maximum absolute atomic E-state index is 10.8. The van der Waals surface area contributed by atoms with E-state index in [2.05, 4.69) is 20.4 Å². The molecule has 1 aliphatic rings. The van der Waals surface area contributed by atoms with Crippen LogP contribution in [0.1, 0.15) is 5.89 Å². The summed E-state index contributed by atoms with van der Waals surface area (Å²) in [5.41, 5.74) is 0.598. The summed E-state index contributed by atoms with van der Waals surface area (Å²) in [5.74, 6) is 0.905. The average Bonchev–Trinajstić information content (AvgIpc) is 2.97. The molecule has 2 aromatic rings. The lowest BCUT2D eigenvalue weighted by Crippen LogP contribution is -2.42. The molecule has 3 rings (SSSR count). The standard InChI is InChI=1S/C13H15N5O3.2ClH/c19-18(20)11-3-1-2-10(8-11)13-15-12(21-16-13)9-17-6-4-14-5-7-17;;/h1-3,8,14H,4-7,9H2;2*1H. The Morgan fingerprint density at radius 3 is 2.74 bits per heavy atom. The quantitative estimate of drug-likeness (QED) is 0.655. The van der Waals surface area contributed by atoms with Crippen molar-refractivity contribution in [2.75, 3.05) is 26.2 Å². The van der Waals surface area contributed by atoms with E-state index in [1.165, 1.54) is 12.1 Å². The van der Waals surface area contributed by atoms with Crippen molar-refractivity contribution >= 4 is 30.5 Å². The minimum absolute atomic E-state index is 0. The summed E-state index contributed by atoms with van der Waals surface area (Å²) in [6.45, 7) is 4.38. The summed E-state index contributed by atoms with van der Waals surface area (Å²) in [5, 5.41) is 18.0. The normalized spacial score (nSPS) is 14.6. The number of nitro benzene ring substituents is 1. The molecule has 0 unspecified atom stereocenters. The fraction of sp³-hybridized carbons (Fsp3) is 0.385. The Labute approximate surface area is 145 Å². The number of rotatable bonds is 4. The number of hydrogen-bond acceptors (Lipinski definition) is 7. The maximum Gasteiger partial charge on any atom is 0.270 e. The third kappa shape index (κ3) is 4.87. The molecular formula is C13H17Cl2N5O3. The average molecular weight is 362 g/mol. The third-order valence-electron chi connectivity index (χ3n) is 3.35. The smallest absolute Gasteiger partial charge is 0.270 e. The fourth-order valence-electron chi connectivity index (χ4n) is 2.26. The second kappa shape index (κ2) is 8.78. The first-order valence-electron chi connectivity index (χ1n) is 6.73. The largest absolute Gasteiger partial charge is 0.338 e. The molecule has 10 heteroatoms. The van der Waals surface area contributed by atoms with Crippen molar-refractivity contribution in [1.82, 2.24) is 20.4 Å². The van der Waals surface area contributed by atoms with Gasteiger partial charge < -0.3 is 9.84 Å². The summed E-state index contributed by atoms with van der Waals surface area (Å²) in [6, 6.07) is 6.22. The predicted molar refractivity (Wildman–Crippen MR) is 89.0 cm³/mol. The van der Waals surface area contributed by atoms with Crippen molar-refractivity contribution < 1.29 is 9.45 Å². The first-order valence-corrected chi connectivity index (χ1v) is 6.73. The van der Waals surface area contributed by atoms with E-state index in [1.807, 2.05) is 0 Å². The molecule has 8 nitrogen and oxygen atoms in total. The highest BCUT2D eigenvalue weighted by atomic mass is 35.5. The van der Waals surface area contributed by atoms with Gasteiger partial charge in [-0.05, 0) is 0 Å². The number of aromatic nitrogens is 2. The Morgan fingerprint density at radius 1 is 1.30 bits per heavy atom. The zero-order valence-electron chi connectivity index (χ0n) is 12.2. The Morgan fingerprint density at radius 2 is 2.04 bits per heavy atom. The van der Waals surface area contributed by atoms with E-state index in [0.29, 0.717) is 23.8 Å². The maximum atomic E-state index is 10.8. The molecule has 0 aliphatic carbocycles. The van der Waals surface area contributed by atoms with Crippen molar-refractivity contribution in [3.8, 4) is 11.4 Å². The van der Waals surface area contributed by atoms with Gasteiger partial charge >= 0.3 is 0 Å². The van der Waals surface area contributed by atoms with Crippen LogP contribution in [0.3, 0.4) is 0 Å². The van der Waals surface area contributed by atoms with Gasteiger partial charge in [0.2, 0.25) is 11.7 Å². The monoisotopic (exact) mass is 361 g/mol. The van der Waals surface area contributed by atoms with Crippen LogP contribution in [0.15, 0.2) is 28.8 Å². The van der Waals surface area contributed by atoms with Crippen molar-refractivity contribution in [3.63, 3.8) is 0 Å². The third-order valence-corrected chi connectivity index (χ3v) is 3.35. The summed E-state index contributed by atoms with van der Waals surface area (Å²) in [4.78, 5) is 16.9. The fourth-order valence-corrected chi connectivity index (χ4v) is 2.26. The molecule has 1 N–H and O–H groups in total. The van der Waals surface area contributed by atoms with Crippen LogP contribution in [-0.2, 0) is 6.54 Å². The SMILES string of the molecule is Cl.Cl.O=[N+]([O-])c1cccc(-c2noc(CN3CCNCC3)n2)c1. The molecular weight excluding hydrogens is 345 g/mol. The van der Waals surface area contributed by atoms with Gasteiger partial charge in [-0.2, -0.15) is 4.98 Å². The van der Waals surface area contributed by atoms with Crippen molar-refractivity contribution in [2.24, 2.45) is 0 Å². The van der Waals surface area contributed by atoms with E-state index in [9.17, 15) is 10.1 Å². The van der Waals surface area contributed by atoms with Crippen LogP contribution < -0.4 is 5.32 Å². The molecule has 1 fully saturated rings. The van der Waals surface area contributed by atoms with Gasteiger partial charge in [-0.1, -0.05) is 17.3 Å². The summed E-state index contributed by atoms with van der Waals surface area (Å²) in [6.07, 6.45) is 0. The van der Waals surface area contributed by atoms with E-state index in [-0.39, 0.29) is 30.5 Å². The zero-order valence-corrected chi connectivity index (χ0v) is 13.8. The lowest BCUT2D eigenvalue weighted by molar-refractivity contribution is -0.384. The molecule has 1 aromatic heterocycles. The van der Waals surface area contributed by atoms with Crippen LogP contribution >= 0.6 is 24.8 Å². The number of piperazine rings is 1. The van der Waals surface area contributed by atoms with Crippen LogP contribution in [0.2, 0.25) is 0 Å². The topological polar surface area (TPSA) is 97.3 Å².